The molecular formula is C19H21NO5. The van der Waals surface area contributed by atoms with Gasteiger partial charge in [0.25, 0.3) is 0 Å². The summed E-state index contributed by atoms with van der Waals surface area (Å²) in [5.74, 6) is -0.416. The van der Waals surface area contributed by atoms with Crippen molar-refractivity contribution in [3.05, 3.63) is 54.0 Å². The summed E-state index contributed by atoms with van der Waals surface area (Å²) in [4.78, 5) is 25.6. The van der Waals surface area contributed by atoms with Crippen LogP contribution in [0, 0.1) is 12.8 Å². The number of rotatable bonds is 6. The van der Waals surface area contributed by atoms with Crippen LogP contribution in [0.4, 0.5) is 0 Å². The molecule has 1 saturated heterocycles. The van der Waals surface area contributed by atoms with Gasteiger partial charge < -0.3 is 19.2 Å². The average Bonchev–Trinajstić information content (AvgIpc) is 3.11. The van der Waals surface area contributed by atoms with Crippen molar-refractivity contribution in [3.63, 3.8) is 0 Å². The summed E-state index contributed by atoms with van der Waals surface area (Å²) in [7, 11) is 0. The van der Waals surface area contributed by atoms with E-state index in [1.807, 2.05) is 31.2 Å². The standard InChI is InChI=1S/C19H21NO5/c1-13-5-2-3-6-15(13)25-12-10-20-17(21)9-8-14(19(22)23)18(20)16-7-4-11-24-16/h2-7,11,14,18H,8-10,12H2,1H3,(H,22,23)/t14-,18+/m0/s1. The van der Waals surface area contributed by atoms with Crippen LogP contribution in [0.5, 0.6) is 5.75 Å². The first kappa shape index (κ1) is 17.1. The molecule has 1 N–H and O–H groups in total. The second kappa shape index (κ2) is 7.42. The van der Waals surface area contributed by atoms with E-state index in [9.17, 15) is 14.7 Å². The van der Waals surface area contributed by atoms with E-state index < -0.39 is 17.9 Å². The molecule has 1 aromatic heterocycles. The fourth-order valence-electron chi connectivity index (χ4n) is 3.26. The number of para-hydroxylation sites is 1. The Morgan fingerprint density at radius 1 is 1.32 bits per heavy atom. The number of piperidine rings is 1. The van der Waals surface area contributed by atoms with Crippen molar-refractivity contribution in [2.75, 3.05) is 13.2 Å². The van der Waals surface area contributed by atoms with Crippen LogP contribution in [-0.4, -0.2) is 35.0 Å². The van der Waals surface area contributed by atoms with Crippen LogP contribution in [0.1, 0.15) is 30.2 Å². The van der Waals surface area contributed by atoms with Gasteiger partial charge in [-0.1, -0.05) is 18.2 Å². The van der Waals surface area contributed by atoms with Crippen molar-refractivity contribution < 1.29 is 23.8 Å². The fourth-order valence-corrected chi connectivity index (χ4v) is 3.26. The van der Waals surface area contributed by atoms with Gasteiger partial charge in [0.05, 0.1) is 18.7 Å². The van der Waals surface area contributed by atoms with Crippen LogP contribution >= 0.6 is 0 Å². The van der Waals surface area contributed by atoms with Crippen LogP contribution in [0.15, 0.2) is 47.1 Å². The summed E-state index contributed by atoms with van der Waals surface area (Å²) in [5, 5.41) is 9.54. The summed E-state index contributed by atoms with van der Waals surface area (Å²) in [6.45, 7) is 2.55. The zero-order valence-corrected chi connectivity index (χ0v) is 14.1. The second-order valence-corrected chi connectivity index (χ2v) is 6.14. The molecule has 1 amide bonds. The Balaban J connectivity index is 1.75. The fraction of sp³-hybridized carbons (Fsp3) is 0.368. The lowest BCUT2D eigenvalue weighted by molar-refractivity contribution is -0.153. The lowest BCUT2D eigenvalue weighted by Gasteiger charge is -2.38. The summed E-state index contributed by atoms with van der Waals surface area (Å²) < 4.78 is 11.2. The van der Waals surface area contributed by atoms with Gasteiger partial charge in [-0.25, -0.2) is 0 Å². The Labute approximate surface area is 146 Å². The molecule has 1 aliphatic rings. The zero-order valence-electron chi connectivity index (χ0n) is 14.1. The molecule has 3 rings (SSSR count). The molecule has 6 heteroatoms. The lowest BCUT2D eigenvalue weighted by atomic mass is 9.87. The number of hydrogen-bond donors (Lipinski definition) is 1. The van der Waals surface area contributed by atoms with Crippen LogP contribution in [0.25, 0.3) is 0 Å². The van der Waals surface area contributed by atoms with E-state index in [0.717, 1.165) is 11.3 Å². The second-order valence-electron chi connectivity index (χ2n) is 6.14. The molecule has 0 spiro atoms. The van der Waals surface area contributed by atoms with Crippen molar-refractivity contribution in [1.82, 2.24) is 4.90 Å². The third kappa shape index (κ3) is 3.68. The number of carboxylic acids is 1. The van der Waals surface area contributed by atoms with E-state index in [0.29, 0.717) is 25.3 Å². The highest BCUT2D eigenvalue weighted by atomic mass is 16.5. The topological polar surface area (TPSA) is 80.0 Å². The van der Waals surface area contributed by atoms with E-state index >= 15 is 0 Å². The maximum absolute atomic E-state index is 12.4. The zero-order chi connectivity index (χ0) is 17.8. The summed E-state index contributed by atoms with van der Waals surface area (Å²) >= 11 is 0. The maximum atomic E-state index is 12.4. The van der Waals surface area contributed by atoms with Gasteiger partial charge in [-0.2, -0.15) is 0 Å². The summed E-state index contributed by atoms with van der Waals surface area (Å²) in [6, 6.07) is 10.5. The van der Waals surface area contributed by atoms with Gasteiger partial charge in [-0.3, -0.25) is 9.59 Å². The number of benzene rings is 1. The molecule has 1 aliphatic heterocycles. The number of ether oxygens (including phenoxy) is 1. The summed E-state index contributed by atoms with van der Waals surface area (Å²) in [5.41, 5.74) is 1.01. The maximum Gasteiger partial charge on any atom is 0.309 e. The Kier molecular flexibility index (Phi) is 5.07. The number of furan rings is 1. The molecule has 2 aromatic rings. The Morgan fingerprint density at radius 2 is 2.12 bits per heavy atom. The predicted octanol–water partition coefficient (Wildman–Crippen LogP) is 3.03. The molecule has 132 valence electrons. The number of carbonyl (C=O) groups is 2. The first-order valence-electron chi connectivity index (χ1n) is 8.32. The van der Waals surface area contributed by atoms with Crippen LogP contribution in [-0.2, 0) is 9.59 Å². The Hall–Kier alpha value is -2.76. The van der Waals surface area contributed by atoms with E-state index in [4.69, 9.17) is 9.15 Å². The van der Waals surface area contributed by atoms with Crippen molar-refractivity contribution in [3.8, 4) is 5.75 Å². The molecule has 6 nitrogen and oxygen atoms in total. The third-order valence-electron chi connectivity index (χ3n) is 4.54. The quantitative estimate of drug-likeness (QED) is 0.872. The highest BCUT2D eigenvalue weighted by Crippen LogP contribution is 2.37. The monoisotopic (exact) mass is 343 g/mol. The summed E-state index contributed by atoms with van der Waals surface area (Å²) in [6.07, 6.45) is 2.03. The molecule has 2 atom stereocenters. The SMILES string of the molecule is Cc1ccccc1OCCN1C(=O)CC[C@H](C(=O)O)[C@@H]1c1ccco1. The first-order chi connectivity index (χ1) is 12.1. The van der Waals surface area contributed by atoms with Gasteiger partial charge >= 0.3 is 5.97 Å². The molecule has 25 heavy (non-hydrogen) atoms. The molecule has 1 fully saturated rings. The van der Waals surface area contributed by atoms with E-state index in [-0.39, 0.29) is 12.3 Å². The number of hydrogen-bond acceptors (Lipinski definition) is 4. The van der Waals surface area contributed by atoms with Crippen LogP contribution in [0.2, 0.25) is 0 Å². The number of aliphatic carboxylic acids is 1. The molecule has 0 unspecified atom stereocenters. The van der Waals surface area contributed by atoms with Gasteiger partial charge in [-0.15, -0.1) is 0 Å². The minimum Gasteiger partial charge on any atom is -0.491 e. The van der Waals surface area contributed by atoms with Crippen molar-refractivity contribution in [2.24, 2.45) is 5.92 Å². The Morgan fingerprint density at radius 3 is 2.80 bits per heavy atom. The number of amides is 1. The minimum atomic E-state index is -0.918. The van der Waals surface area contributed by atoms with Gasteiger partial charge in [0, 0.05) is 6.42 Å². The lowest BCUT2D eigenvalue weighted by Crippen LogP contribution is -2.46. The smallest absolute Gasteiger partial charge is 0.309 e. The number of carbonyl (C=O) groups excluding carboxylic acids is 1. The molecule has 0 aliphatic carbocycles. The number of likely N-dealkylation sites (tertiary alicyclic amines) is 1. The van der Waals surface area contributed by atoms with E-state index in [1.165, 1.54) is 6.26 Å². The van der Waals surface area contributed by atoms with Crippen LogP contribution < -0.4 is 4.74 Å². The highest BCUT2D eigenvalue weighted by Gasteiger charge is 2.42. The van der Waals surface area contributed by atoms with Gasteiger partial charge in [0.2, 0.25) is 5.91 Å². The average molecular weight is 343 g/mol. The number of nitrogens with zero attached hydrogens (tertiary/aromatic N) is 1. The van der Waals surface area contributed by atoms with E-state index in [1.54, 1.807) is 17.0 Å². The third-order valence-corrected chi connectivity index (χ3v) is 4.54. The molecule has 0 bridgehead atoms. The van der Waals surface area contributed by atoms with Crippen molar-refractivity contribution >= 4 is 11.9 Å². The number of aryl methyl sites for hydroxylation is 1. The van der Waals surface area contributed by atoms with Crippen molar-refractivity contribution in [2.45, 2.75) is 25.8 Å². The largest absolute Gasteiger partial charge is 0.491 e. The van der Waals surface area contributed by atoms with Gasteiger partial charge in [-0.05, 0) is 37.1 Å². The normalized spacial score (nSPS) is 20.5. The van der Waals surface area contributed by atoms with Crippen LogP contribution in [0.3, 0.4) is 0 Å². The Bertz CT molecular complexity index is 740. The molecule has 0 radical (unpaired) electrons. The van der Waals surface area contributed by atoms with Crippen molar-refractivity contribution in [1.29, 1.82) is 0 Å². The minimum absolute atomic E-state index is 0.0766. The molecule has 1 aromatic carbocycles. The van der Waals surface area contributed by atoms with Gasteiger partial charge in [0.1, 0.15) is 24.2 Å². The predicted molar refractivity (Wildman–Crippen MR) is 90.2 cm³/mol. The first-order valence-corrected chi connectivity index (χ1v) is 8.32. The molecule has 2 heterocycles. The highest BCUT2D eigenvalue weighted by molar-refractivity contribution is 5.81. The van der Waals surface area contributed by atoms with E-state index in [2.05, 4.69) is 0 Å². The molecular weight excluding hydrogens is 322 g/mol. The number of carboxylic acid groups (broad SMARTS) is 1. The molecule has 0 saturated carbocycles. The van der Waals surface area contributed by atoms with Gasteiger partial charge in [0.15, 0.2) is 0 Å².